The van der Waals surface area contributed by atoms with E-state index in [2.05, 4.69) is 20.8 Å². The van der Waals surface area contributed by atoms with Crippen molar-refractivity contribution in [3.63, 3.8) is 0 Å². The van der Waals surface area contributed by atoms with E-state index >= 15 is 0 Å². The molecule has 1 saturated heterocycles. The molecule has 3 aromatic rings. The van der Waals surface area contributed by atoms with E-state index in [0.717, 1.165) is 23.6 Å². The number of nitrogens with zero attached hydrogens (tertiary/aromatic N) is 3. The van der Waals surface area contributed by atoms with Crippen LogP contribution in [0.2, 0.25) is 0 Å². The highest BCUT2D eigenvalue weighted by Crippen LogP contribution is 2.28. The van der Waals surface area contributed by atoms with E-state index in [9.17, 15) is 19.1 Å². The average molecular weight is 460 g/mol. The predicted molar refractivity (Wildman–Crippen MR) is 114 cm³/mol. The van der Waals surface area contributed by atoms with Crippen molar-refractivity contribution in [3.8, 4) is 5.69 Å². The Balaban J connectivity index is 1.97. The second kappa shape index (κ2) is 7.61. The van der Waals surface area contributed by atoms with Crippen molar-refractivity contribution in [2.24, 2.45) is 0 Å². The second-order valence-electron chi connectivity index (χ2n) is 7.13. The lowest BCUT2D eigenvalue weighted by molar-refractivity contribution is 0.0695. The minimum atomic E-state index is -1.34. The third-order valence-electron chi connectivity index (χ3n) is 5.25. The van der Waals surface area contributed by atoms with Gasteiger partial charge in [0.15, 0.2) is 0 Å². The third kappa shape index (κ3) is 3.65. The topological polar surface area (TPSA) is 65.8 Å². The van der Waals surface area contributed by atoms with E-state index in [1.807, 2.05) is 24.1 Å². The van der Waals surface area contributed by atoms with Gasteiger partial charge in [-0.15, -0.1) is 0 Å². The zero-order chi connectivity index (χ0) is 20.7. The number of halogens is 2. The molecule has 0 bridgehead atoms. The molecule has 8 heteroatoms. The molecule has 0 atom stereocenters. The highest BCUT2D eigenvalue weighted by Gasteiger charge is 2.22. The highest BCUT2D eigenvalue weighted by molar-refractivity contribution is 9.10. The molecule has 0 unspecified atom stereocenters. The quantitative estimate of drug-likeness (QED) is 0.650. The van der Waals surface area contributed by atoms with Crippen molar-refractivity contribution in [2.45, 2.75) is 0 Å². The molecule has 0 spiro atoms. The molecule has 150 valence electrons. The van der Waals surface area contributed by atoms with Crippen molar-refractivity contribution in [1.29, 1.82) is 0 Å². The van der Waals surface area contributed by atoms with E-state index < -0.39 is 22.8 Å². The maximum absolute atomic E-state index is 14.9. The second-order valence-corrected chi connectivity index (χ2v) is 8.05. The van der Waals surface area contributed by atoms with E-state index in [4.69, 9.17) is 0 Å². The first-order chi connectivity index (χ1) is 13.8. The van der Waals surface area contributed by atoms with Gasteiger partial charge in [-0.1, -0.05) is 15.9 Å². The van der Waals surface area contributed by atoms with Crippen molar-refractivity contribution < 1.29 is 14.3 Å². The largest absolute Gasteiger partial charge is 0.477 e. The fourth-order valence-corrected chi connectivity index (χ4v) is 3.86. The van der Waals surface area contributed by atoms with E-state index in [-0.39, 0.29) is 5.39 Å². The van der Waals surface area contributed by atoms with Crippen LogP contribution < -0.4 is 10.3 Å². The Labute approximate surface area is 174 Å². The summed E-state index contributed by atoms with van der Waals surface area (Å²) in [5.41, 5.74) is 0.477. The molecule has 4 rings (SSSR count). The van der Waals surface area contributed by atoms with Gasteiger partial charge < -0.3 is 19.5 Å². The van der Waals surface area contributed by atoms with Crippen LogP contribution in [0.15, 0.2) is 51.9 Å². The molecule has 2 heterocycles. The molecule has 29 heavy (non-hydrogen) atoms. The summed E-state index contributed by atoms with van der Waals surface area (Å²) >= 11 is 3.38. The normalized spacial score (nSPS) is 15.1. The Hall–Kier alpha value is -2.71. The molecule has 0 amide bonds. The van der Waals surface area contributed by atoms with Crippen LogP contribution in [0.1, 0.15) is 10.4 Å². The van der Waals surface area contributed by atoms with Crippen molar-refractivity contribution in [3.05, 3.63) is 68.7 Å². The summed E-state index contributed by atoms with van der Waals surface area (Å²) < 4.78 is 17.4. The fraction of sp³-hybridized carbons (Fsp3) is 0.238. The number of aromatic carboxylic acids is 1. The van der Waals surface area contributed by atoms with Crippen LogP contribution in [0.25, 0.3) is 16.6 Å². The zero-order valence-electron chi connectivity index (χ0n) is 15.7. The first kappa shape index (κ1) is 19.6. The summed E-state index contributed by atoms with van der Waals surface area (Å²) in [5.74, 6) is -1.87. The van der Waals surface area contributed by atoms with Crippen LogP contribution >= 0.6 is 15.9 Å². The molecule has 2 aromatic carbocycles. The summed E-state index contributed by atoms with van der Waals surface area (Å²) in [6, 6.07) is 10.1. The molecular weight excluding hydrogens is 441 g/mol. The van der Waals surface area contributed by atoms with Gasteiger partial charge in [0.25, 0.3) is 0 Å². The fourth-order valence-electron chi connectivity index (χ4n) is 3.59. The first-order valence-electron chi connectivity index (χ1n) is 9.17. The average Bonchev–Trinajstić information content (AvgIpc) is 2.70. The lowest BCUT2D eigenvalue weighted by atomic mass is 10.1. The number of likely N-dealkylation sites (N-methyl/N-ethyl adjacent to an activating group) is 1. The minimum Gasteiger partial charge on any atom is -0.477 e. The zero-order valence-corrected chi connectivity index (χ0v) is 17.3. The Bertz CT molecular complexity index is 1150. The highest BCUT2D eigenvalue weighted by atomic mass is 79.9. The molecular formula is C21H19BrFN3O3. The Morgan fingerprint density at radius 2 is 1.76 bits per heavy atom. The lowest BCUT2D eigenvalue weighted by Crippen LogP contribution is -2.44. The SMILES string of the molecule is CN1CCN(c2cc3c(cc2F)c(=O)c(C(=O)O)cn3-c2ccc(Br)cc2)CC1. The van der Waals surface area contributed by atoms with Crippen LogP contribution in [-0.4, -0.2) is 53.8 Å². The molecule has 0 radical (unpaired) electrons. The number of pyridine rings is 1. The van der Waals surface area contributed by atoms with E-state index in [1.54, 1.807) is 22.8 Å². The molecule has 1 N–H and O–H groups in total. The third-order valence-corrected chi connectivity index (χ3v) is 5.78. The number of piperazine rings is 1. The van der Waals surface area contributed by atoms with Gasteiger partial charge in [0.1, 0.15) is 11.4 Å². The minimum absolute atomic E-state index is 0.0446. The summed E-state index contributed by atoms with van der Waals surface area (Å²) in [4.78, 5) is 28.4. The molecule has 1 aromatic heterocycles. The number of carbonyl (C=O) groups is 1. The van der Waals surface area contributed by atoms with E-state index in [1.165, 1.54) is 6.20 Å². The van der Waals surface area contributed by atoms with Gasteiger partial charge in [0, 0.05) is 47.9 Å². The lowest BCUT2D eigenvalue weighted by Gasteiger charge is -2.34. The predicted octanol–water partition coefficient (Wildman–Crippen LogP) is 3.34. The Kier molecular flexibility index (Phi) is 5.14. The number of hydrogen-bond acceptors (Lipinski definition) is 4. The van der Waals surface area contributed by atoms with Crippen molar-refractivity contribution in [2.75, 3.05) is 38.1 Å². The molecule has 0 aliphatic carbocycles. The first-order valence-corrected chi connectivity index (χ1v) is 9.96. The number of anilines is 1. The number of fused-ring (bicyclic) bond motifs is 1. The van der Waals surface area contributed by atoms with Crippen LogP contribution in [0, 0.1) is 5.82 Å². The summed E-state index contributed by atoms with van der Waals surface area (Å²) in [5, 5.41) is 9.51. The number of benzene rings is 2. The van der Waals surface area contributed by atoms with Crippen molar-refractivity contribution >= 4 is 38.5 Å². The Morgan fingerprint density at radius 3 is 2.38 bits per heavy atom. The Morgan fingerprint density at radius 1 is 1.10 bits per heavy atom. The van der Waals surface area contributed by atoms with Crippen LogP contribution in [-0.2, 0) is 0 Å². The molecule has 6 nitrogen and oxygen atoms in total. The molecule has 1 aliphatic heterocycles. The number of rotatable bonds is 3. The van der Waals surface area contributed by atoms with Crippen LogP contribution in [0.4, 0.5) is 10.1 Å². The number of aromatic nitrogens is 1. The van der Waals surface area contributed by atoms with Gasteiger partial charge in [-0.2, -0.15) is 0 Å². The molecule has 1 aliphatic rings. The summed E-state index contributed by atoms with van der Waals surface area (Å²) in [6.07, 6.45) is 1.31. The maximum atomic E-state index is 14.9. The van der Waals surface area contributed by atoms with Gasteiger partial charge in [-0.05, 0) is 43.4 Å². The number of hydrogen-bond donors (Lipinski definition) is 1. The smallest absolute Gasteiger partial charge is 0.341 e. The van der Waals surface area contributed by atoms with Gasteiger partial charge in [-0.3, -0.25) is 4.79 Å². The standard InChI is InChI=1S/C21H19BrFN3O3/c1-24-6-8-25(9-7-24)19-11-18-15(10-17(19)23)20(27)16(21(28)29)12-26(18)14-4-2-13(22)3-5-14/h2-5,10-12H,6-9H2,1H3,(H,28,29). The van der Waals surface area contributed by atoms with Crippen LogP contribution in [0.3, 0.4) is 0 Å². The van der Waals surface area contributed by atoms with Crippen molar-refractivity contribution in [1.82, 2.24) is 9.47 Å². The van der Waals surface area contributed by atoms with Gasteiger partial charge in [0.05, 0.1) is 11.2 Å². The number of carboxylic acid groups (broad SMARTS) is 1. The van der Waals surface area contributed by atoms with Gasteiger partial charge >= 0.3 is 5.97 Å². The van der Waals surface area contributed by atoms with Crippen LogP contribution in [0.5, 0.6) is 0 Å². The monoisotopic (exact) mass is 459 g/mol. The van der Waals surface area contributed by atoms with Gasteiger partial charge in [0.2, 0.25) is 5.43 Å². The summed E-state index contributed by atoms with van der Waals surface area (Å²) in [7, 11) is 2.02. The molecule has 1 fully saturated rings. The maximum Gasteiger partial charge on any atom is 0.341 e. The van der Waals surface area contributed by atoms with Gasteiger partial charge in [-0.25, -0.2) is 9.18 Å². The summed E-state index contributed by atoms with van der Waals surface area (Å²) in [6.45, 7) is 2.98. The van der Waals surface area contributed by atoms with E-state index in [0.29, 0.717) is 30.0 Å². The number of carboxylic acids is 1. The molecule has 0 saturated carbocycles.